The van der Waals surface area contributed by atoms with Gasteiger partial charge in [-0.15, -0.1) is 10.2 Å². The molecule has 2 N–H and O–H groups in total. The average molecular weight is 216 g/mol. The van der Waals surface area contributed by atoms with E-state index >= 15 is 0 Å². The van der Waals surface area contributed by atoms with Gasteiger partial charge < -0.3 is 10.3 Å². The molecule has 0 aliphatic heterocycles. The number of para-hydroxylation sites is 1. The molecule has 0 bridgehead atoms. The lowest BCUT2D eigenvalue weighted by molar-refractivity contribution is 0.689. The fraction of sp³-hybridized carbons (Fsp3) is 0.333. The first-order valence-corrected chi connectivity index (χ1v) is 5.51. The number of benzene rings is 1. The molecule has 2 aromatic rings. The minimum atomic E-state index is 0.852. The zero-order chi connectivity index (χ0) is 11.4. The van der Waals surface area contributed by atoms with Crippen molar-refractivity contribution in [2.24, 2.45) is 0 Å². The van der Waals surface area contributed by atoms with Crippen molar-refractivity contribution in [2.45, 2.75) is 26.3 Å². The number of rotatable bonds is 4. The molecule has 0 aliphatic carbocycles. The second kappa shape index (κ2) is 4.79. The largest absolute Gasteiger partial charge is 0.399 e. The SMILES string of the molecule is CCn1cnnc1CCc1ccccc1N. The standard InChI is InChI=1S/C12H16N4/c1-2-16-9-14-15-12(16)8-7-10-5-3-4-6-11(10)13/h3-6,9H,2,7-8,13H2,1H3. The number of nitrogen functional groups attached to an aromatic ring is 1. The van der Waals surface area contributed by atoms with Crippen LogP contribution in [0.3, 0.4) is 0 Å². The highest BCUT2D eigenvalue weighted by Crippen LogP contribution is 2.13. The molecule has 16 heavy (non-hydrogen) atoms. The molecule has 4 nitrogen and oxygen atoms in total. The third-order valence-corrected chi connectivity index (χ3v) is 2.71. The maximum atomic E-state index is 5.89. The molecule has 0 saturated heterocycles. The van der Waals surface area contributed by atoms with Crippen molar-refractivity contribution < 1.29 is 0 Å². The van der Waals surface area contributed by atoms with Crippen LogP contribution < -0.4 is 5.73 Å². The van der Waals surface area contributed by atoms with Crippen molar-refractivity contribution in [1.29, 1.82) is 0 Å². The fourth-order valence-electron chi connectivity index (χ4n) is 1.74. The highest BCUT2D eigenvalue weighted by Gasteiger charge is 2.04. The molecule has 1 heterocycles. The summed E-state index contributed by atoms with van der Waals surface area (Å²) in [5.41, 5.74) is 7.91. The van der Waals surface area contributed by atoms with Crippen LogP contribution in [-0.4, -0.2) is 14.8 Å². The number of hydrogen-bond donors (Lipinski definition) is 1. The Morgan fingerprint density at radius 1 is 1.25 bits per heavy atom. The quantitative estimate of drug-likeness (QED) is 0.791. The van der Waals surface area contributed by atoms with E-state index in [1.165, 1.54) is 5.56 Å². The molecule has 4 heteroatoms. The predicted octanol–water partition coefficient (Wildman–Crippen LogP) is 1.67. The van der Waals surface area contributed by atoms with E-state index in [-0.39, 0.29) is 0 Å². The van der Waals surface area contributed by atoms with Gasteiger partial charge in [0.15, 0.2) is 0 Å². The van der Waals surface area contributed by atoms with Crippen LogP contribution in [0.5, 0.6) is 0 Å². The minimum absolute atomic E-state index is 0.852. The van der Waals surface area contributed by atoms with Crippen LogP contribution in [0.25, 0.3) is 0 Å². The van der Waals surface area contributed by atoms with E-state index in [2.05, 4.69) is 27.8 Å². The van der Waals surface area contributed by atoms with E-state index in [0.29, 0.717) is 0 Å². The van der Waals surface area contributed by atoms with Gasteiger partial charge in [-0.05, 0) is 25.0 Å². The molecule has 0 atom stereocenters. The van der Waals surface area contributed by atoms with Gasteiger partial charge in [-0.2, -0.15) is 0 Å². The van der Waals surface area contributed by atoms with Gasteiger partial charge in [0, 0.05) is 18.7 Å². The van der Waals surface area contributed by atoms with Gasteiger partial charge in [-0.25, -0.2) is 0 Å². The summed E-state index contributed by atoms with van der Waals surface area (Å²) in [5.74, 6) is 1.02. The summed E-state index contributed by atoms with van der Waals surface area (Å²) in [4.78, 5) is 0. The van der Waals surface area contributed by atoms with Crippen molar-refractivity contribution in [1.82, 2.24) is 14.8 Å². The number of nitrogens with two attached hydrogens (primary N) is 1. The number of anilines is 1. The lowest BCUT2D eigenvalue weighted by Crippen LogP contribution is -2.04. The lowest BCUT2D eigenvalue weighted by atomic mass is 10.1. The van der Waals surface area contributed by atoms with Crippen molar-refractivity contribution >= 4 is 5.69 Å². The molecular weight excluding hydrogens is 200 g/mol. The van der Waals surface area contributed by atoms with E-state index in [0.717, 1.165) is 30.9 Å². The Bertz CT molecular complexity index is 462. The first-order valence-electron chi connectivity index (χ1n) is 5.51. The van der Waals surface area contributed by atoms with Crippen LogP contribution in [0.4, 0.5) is 5.69 Å². The topological polar surface area (TPSA) is 56.7 Å². The van der Waals surface area contributed by atoms with Crippen LogP contribution in [0, 0.1) is 0 Å². The summed E-state index contributed by atoms with van der Waals surface area (Å²) < 4.78 is 2.05. The van der Waals surface area contributed by atoms with Gasteiger partial charge in [0.05, 0.1) is 0 Å². The molecule has 2 rings (SSSR count). The first kappa shape index (κ1) is 10.7. The van der Waals surface area contributed by atoms with Crippen LogP contribution >= 0.6 is 0 Å². The normalized spacial score (nSPS) is 10.6. The Morgan fingerprint density at radius 3 is 2.81 bits per heavy atom. The van der Waals surface area contributed by atoms with Crippen LogP contribution in [-0.2, 0) is 19.4 Å². The number of aromatic nitrogens is 3. The summed E-state index contributed by atoms with van der Waals surface area (Å²) in [6, 6.07) is 7.95. The van der Waals surface area contributed by atoms with Gasteiger partial charge in [0.25, 0.3) is 0 Å². The minimum Gasteiger partial charge on any atom is -0.399 e. The number of aryl methyl sites for hydroxylation is 3. The molecule has 0 radical (unpaired) electrons. The maximum absolute atomic E-state index is 5.89. The van der Waals surface area contributed by atoms with Crippen molar-refractivity contribution in [3.05, 3.63) is 42.0 Å². The van der Waals surface area contributed by atoms with E-state index in [1.54, 1.807) is 6.33 Å². The van der Waals surface area contributed by atoms with Crippen LogP contribution in [0.15, 0.2) is 30.6 Å². The summed E-state index contributed by atoms with van der Waals surface area (Å²) in [6.07, 6.45) is 3.55. The maximum Gasteiger partial charge on any atom is 0.133 e. The molecule has 0 aliphatic rings. The second-order valence-corrected chi connectivity index (χ2v) is 3.73. The summed E-state index contributed by atoms with van der Waals surface area (Å²) in [6.45, 7) is 3.00. The number of hydrogen-bond acceptors (Lipinski definition) is 3. The fourth-order valence-corrected chi connectivity index (χ4v) is 1.74. The highest BCUT2D eigenvalue weighted by molar-refractivity contribution is 5.46. The summed E-state index contributed by atoms with van der Waals surface area (Å²) in [5, 5.41) is 8.01. The summed E-state index contributed by atoms with van der Waals surface area (Å²) >= 11 is 0. The highest BCUT2D eigenvalue weighted by atomic mass is 15.3. The molecule has 1 aromatic heterocycles. The molecule has 0 spiro atoms. The van der Waals surface area contributed by atoms with Crippen LogP contribution in [0.2, 0.25) is 0 Å². The lowest BCUT2D eigenvalue weighted by Gasteiger charge is -2.05. The molecule has 0 amide bonds. The average Bonchev–Trinajstić information content (AvgIpc) is 2.75. The Hall–Kier alpha value is -1.84. The Balaban J connectivity index is 2.05. The Kier molecular flexibility index (Phi) is 3.19. The zero-order valence-electron chi connectivity index (χ0n) is 9.43. The molecule has 1 aromatic carbocycles. The second-order valence-electron chi connectivity index (χ2n) is 3.73. The third kappa shape index (κ3) is 2.21. The van der Waals surface area contributed by atoms with Crippen molar-refractivity contribution in [2.75, 3.05) is 5.73 Å². The zero-order valence-corrected chi connectivity index (χ0v) is 9.43. The van der Waals surface area contributed by atoms with Crippen molar-refractivity contribution in [3.63, 3.8) is 0 Å². The monoisotopic (exact) mass is 216 g/mol. The van der Waals surface area contributed by atoms with Gasteiger partial charge in [-0.3, -0.25) is 0 Å². The molecule has 84 valence electrons. The van der Waals surface area contributed by atoms with Crippen LogP contribution in [0.1, 0.15) is 18.3 Å². The first-order chi connectivity index (χ1) is 7.81. The molecule has 0 saturated carbocycles. The van der Waals surface area contributed by atoms with E-state index < -0.39 is 0 Å². The Labute approximate surface area is 95.1 Å². The van der Waals surface area contributed by atoms with Gasteiger partial charge >= 0.3 is 0 Å². The molecule has 0 unspecified atom stereocenters. The molecular formula is C12H16N4. The van der Waals surface area contributed by atoms with Gasteiger partial charge in [-0.1, -0.05) is 18.2 Å². The van der Waals surface area contributed by atoms with Gasteiger partial charge in [0.1, 0.15) is 12.2 Å². The Morgan fingerprint density at radius 2 is 2.06 bits per heavy atom. The molecule has 0 fully saturated rings. The number of nitrogens with zero attached hydrogens (tertiary/aromatic N) is 3. The van der Waals surface area contributed by atoms with Gasteiger partial charge in [0.2, 0.25) is 0 Å². The van der Waals surface area contributed by atoms with E-state index in [1.807, 2.05) is 18.2 Å². The summed E-state index contributed by atoms with van der Waals surface area (Å²) in [7, 11) is 0. The van der Waals surface area contributed by atoms with Crippen molar-refractivity contribution in [3.8, 4) is 0 Å². The third-order valence-electron chi connectivity index (χ3n) is 2.71. The van der Waals surface area contributed by atoms with E-state index in [9.17, 15) is 0 Å². The predicted molar refractivity (Wildman–Crippen MR) is 64.0 cm³/mol. The van der Waals surface area contributed by atoms with E-state index in [4.69, 9.17) is 5.73 Å². The smallest absolute Gasteiger partial charge is 0.133 e.